The van der Waals surface area contributed by atoms with Gasteiger partial charge < -0.3 is 19.4 Å². The van der Waals surface area contributed by atoms with Crippen molar-refractivity contribution >= 4 is 12.2 Å². The first-order chi connectivity index (χ1) is 7.83. The van der Waals surface area contributed by atoms with Crippen LogP contribution in [0.1, 0.15) is 0 Å². The third-order valence-corrected chi connectivity index (χ3v) is 2.67. The van der Waals surface area contributed by atoms with Crippen molar-refractivity contribution in [2.75, 3.05) is 13.2 Å². The molecule has 0 atom stereocenters. The van der Waals surface area contributed by atoms with E-state index >= 15 is 0 Å². The Morgan fingerprint density at radius 2 is 1.94 bits per heavy atom. The summed E-state index contributed by atoms with van der Waals surface area (Å²) in [5.41, 5.74) is 1.97. The molecule has 1 aliphatic rings. The molecule has 1 aliphatic heterocycles. The average molecular weight is 234 g/mol. The number of rotatable bonds is 1. The van der Waals surface area contributed by atoms with Crippen molar-refractivity contribution in [3.8, 4) is 22.8 Å². The van der Waals surface area contributed by atoms with Crippen LogP contribution in [0.5, 0.6) is 11.5 Å². The summed E-state index contributed by atoms with van der Waals surface area (Å²) in [7, 11) is 0. The molecule has 0 saturated heterocycles. The van der Waals surface area contributed by atoms with Crippen LogP contribution >= 0.6 is 12.2 Å². The molecule has 0 bridgehead atoms. The zero-order valence-corrected chi connectivity index (χ0v) is 9.26. The van der Waals surface area contributed by atoms with Crippen LogP contribution in [0, 0.1) is 4.77 Å². The van der Waals surface area contributed by atoms with E-state index in [0.29, 0.717) is 18.0 Å². The topological polar surface area (TPSA) is 50.0 Å². The minimum Gasteiger partial charge on any atom is -0.486 e. The molecule has 0 spiro atoms. The number of nitrogens with one attached hydrogen (secondary N) is 2. The van der Waals surface area contributed by atoms with Gasteiger partial charge in [0.15, 0.2) is 16.3 Å². The maximum atomic E-state index is 5.52. The summed E-state index contributed by atoms with van der Waals surface area (Å²) < 4.78 is 11.6. The number of aromatic nitrogens is 2. The van der Waals surface area contributed by atoms with Gasteiger partial charge in [-0.3, -0.25) is 0 Å². The summed E-state index contributed by atoms with van der Waals surface area (Å²) in [5.74, 6) is 1.58. The van der Waals surface area contributed by atoms with Crippen molar-refractivity contribution in [3.63, 3.8) is 0 Å². The fourth-order valence-corrected chi connectivity index (χ4v) is 1.87. The highest BCUT2D eigenvalue weighted by Gasteiger charge is 2.12. The lowest BCUT2D eigenvalue weighted by molar-refractivity contribution is 0.171. The second kappa shape index (κ2) is 3.68. The number of aromatic amines is 2. The highest BCUT2D eigenvalue weighted by molar-refractivity contribution is 7.71. The fraction of sp³-hybridized carbons (Fsp3) is 0.182. The predicted octanol–water partition coefficient (Wildman–Crippen LogP) is 2.51. The lowest BCUT2D eigenvalue weighted by Crippen LogP contribution is -2.15. The van der Waals surface area contributed by atoms with E-state index in [2.05, 4.69) is 9.97 Å². The average Bonchev–Trinajstić information content (AvgIpc) is 2.75. The Morgan fingerprint density at radius 3 is 2.69 bits per heavy atom. The van der Waals surface area contributed by atoms with Gasteiger partial charge in [0.1, 0.15) is 13.2 Å². The monoisotopic (exact) mass is 234 g/mol. The number of fused-ring (bicyclic) bond motifs is 1. The van der Waals surface area contributed by atoms with Crippen molar-refractivity contribution in [2.24, 2.45) is 0 Å². The SMILES string of the molecule is S=c1[nH]cc(-c2ccc3c(c2)OCCO3)[nH]1. The second-order valence-corrected chi connectivity index (χ2v) is 3.92. The zero-order valence-electron chi connectivity index (χ0n) is 8.45. The van der Waals surface area contributed by atoms with E-state index in [1.165, 1.54) is 0 Å². The van der Waals surface area contributed by atoms with Crippen molar-refractivity contribution in [3.05, 3.63) is 29.2 Å². The van der Waals surface area contributed by atoms with Crippen LogP contribution in [-0.2, 0) is 0 Å². The molecule has 16 heavy (non-hydrogen) atoms. The molecule has 4 nitrogen and oxygen atoms in total. The molecular weight excluding hydrogens is 224 g/mol. The lowest BCUT2D eigenvalue weighted by atomic mass is 10.1. The normalized spacial score (nSPS) is 13.8. The third kappa shape index (κ3) is 1.59. The van der Waals surface area contributed by atoms with Gasteiger partial charge in [0.2, 0.25) is 0 Å². The first-order valence-corrected chi connectivity index (χ1v) is 5.41. The molecule has 0 saturated carbocycles. The Kier molecular flexibility index (Phi) is 2.18. The van der Waals surface area contributed by atoms with E-state index in [0.717, 1.165) is 22.8 Å². The van der Waals surface area contributed by atoms with Gasteiger partial charge in [-0.2, -0.15) is 0 Å². The van der Waals surface area contributed by atoms with E-state index < -0.39 is 0 Å². The second-order valence-electron chi connectivity index (χ2n) is 3.51. The molecule has 0 aliphatic carbocycles. The van der Waals surface area contributed by atoms with Gasteiger partial charge in [0.05, 0.1) is 5.69 Å². The maximum Gasteiger partial charge on any atom is 0.174 e. The molecule has 1 aromatic heterocycles. The molecule has 0 amide bonds. The van der Waals surface area contributed by atoms with Gasteiger partial charge in [-0.15, -0.1) is 0 Å². The first-order valence-electron chi connectivity index (χ1n) is 5.01. The minimum absolute atomic E-state index is 0.597. The van der Waals surface area contributed by atoms with E-state index in [-0.39, 0.29) is 0 Å². The third-order valence-electron chi connectivity index (χ3n) is 2.45. The molecule has 2 N–H and O–H groups in total. The summed E-state index contributed by atoms with van der Waals surface area (Å²) >= 11 is 4.99. The highest BCUT2D eigenvalue weighted by Crippen LogP contribution is 2.33. The summed E-state index contributed by atoms with van der Waals surface area (Å²) in [6, 6.07) is 5.83. The molecule has 5 heteroatoms. The molecule has 3 rings (SSSR count). The Balaban J connectivity index is 2.06. The van der Waals surface area contributed by atoms with Gasteiger partial charge >= 0.3 is 0 Å². The summed E-state index contributed by atoms with van der Waals surface area (Å²) in [4.78, 5) is 6.00. The Labute approximate surface area is 97.2 Å². The van der Waals surface area contributed by atoms with Crippen molar-refractivity contribution in [2.45, 2.75) is 0 Å². The van der Waals surface area contributed by atoms with E-state index in [9.17, 15) is 0 Å². The molecule has 1 aromatic carbocycles. The van der Waals surface area contributed by atoms with Crippen LogP contribution in [0.25, 0.3) is 11.3 Å². The summed E-state index contributed by atoms with van der Waals surface area (Å²) in [6.07, 6.45) is 1.84. The Hall–Kier alpha value is -1.75. The molecule has 0 fully saturated rings. The van der Waals surface area contributed by atoms with Crippen LogP contribution in [0.3, 0.4) is 0 Å². The van der Waals surface area contributed by atoms with Gasteiger partial charge in [-0.05, 0) is 30.4 Å². The predicted molar refractivity (Wildman–Crippen MR) is 62.4 cm³/mol. The number of imidazole rings is 1. The van der Waals surface area contributed by atoms with E-state index in [1.54, 1.807) is 0 Å². The highest BCUT2D eigenvalue weighted by atomic mass is 32.1. The molecule has 2 aromatic rings. The molecule has 0 radical (unpaired) electrons. The van der Waals surface area contributed by atoms with Gasteiger partial charge in [-0.25, -0.2) is 0 Å². The smallest absolute Gasteiger partial charge is 0.174 e. The number of benzene rings is 1. The van der Waals surface area contributed by atoms with Crippen LogP contribution in [0.2, 0.25) is 0 Å². The molecule has 0 unspecified atom stereocenters. The van der Waals surface area contributed by atoms with Gasteiger partial charge in [0.25, 0.3) is 0 Å². The molecule has 2 heterocycles. The number of hydrogen-bond donors (Lipinski definition) is 2. The standard InChI is InChI=1S/C11H10N2O2S/c16-11-12-6-8(13-11)7-1-2-9-10(5-7)15-4-3-14-9/h1-2,5-6H,3-4H2,(H2,12,13,16). The number of H-pyrrole nitrogens is 2. The minimum atomic E-state index is 0.597. The van der Waals surface area contributed by atoms with Crippen LogP contribution < -0.4 is 9.47 Å². The maximum absolute atomic E-state index is 5.52. The van der Waals surface area contributed by atoms with Crippen molar-refractivity contribution in [1.29, 1.82) is 0 Å². The Bertz CT molecular complexity index is 573. The summed E-state index contributed by atoms with van der Waals surface area (Å²) in [5, 5.41) is 0. The van der Waals surface area contributed by atoms with Gasteiger partial charge in [0, 0.05) is 11.8 Å². The van der Waals surface area contributed by atoms with Crippen LogP contribution in [-0.4, -0.2) is 23.2 Å². The first kappa shape index (κ1) is 9.47. The summed E-state index contributed by atoms with van der Waals surface area (Å²) in [6.45, 7) is 1.21. The van der Waals surface area contributed by atoms with E-state index in [1.807, 2.05) is 24.4 Å². The lowest BCUT2D eigenvalue weighted by Gasteiger charge is -2.18. The van der Waals surface area contributed by atoms with Crippen molar-refractivity contribution < 1.29 is 9.47 Å². The Morgan fingerprint density at radius 1 is 1.12 bits per heavy atom. The largest absolute Gasteiger partial charge is 0.486 e. The van der Waals surface area contributed by atoms with Crippen molar-refractivity contribution in [1.82, 2.24) is 9.97 Å². The van der Waals surface area contributed by atoms with E-state index in [4.69, 9.17) is 21.7 Å². The van der Waals surface area contributed by atoms with Gasteiger partial charge in [-0.1, -0.05) is 0 Å². The number of ether oxygens (including phenoxy) is 2. The quantitative estimate of drug-likeness (QED) is 0.745. The fourth-order valence-electron chi connectivity index (χ4n) is 1.70. The van der Waals surface area contributed by atoms with Crippen LogP contribution in [0.15, 0.2) is 24.4 Å². The molecule has 82 valence electrons. The number of hydrogen-bond acceptors (Lipinski definition) is 3. The van der Waals surface area contributed by atoms with Crippen LogP contribution in [0.4, 0.5) is 0 Å². The zero-order chi connectivity index (χ0) is 11.0. The molecular formula is C11H10N2O2S.